The molecule has 0 unspecified atom stereocenters. The third-order valence-electron chi connectivity index (χ3n) is 5.15. The molecule has 1 aliphatic heterocycles. The van der Waals surface area contributed by atoms with Crippen molar-refractivity contribution in [3.8, 4) is 5.75 Å². The van der Waals surface area contributed by atoms with E-state index in [1.165, 1.54) is 4.90 Å². The van der Waals surface area contributed by atoms with Crippen LogP contribution >= 0.6 is 0 Å². The largest absolute Gasteiger partial charge is 0.507 e. The van der Waals surface area contributed by atoms with E-state index in [-0.39, 0.29) is 17.4 Å². The molecule has 0 bridgehead atoms. The van der Waals surface area contributed by atoms with E-state index in [1.54, 1.807) is 30.3 Å². The predicted molar refractivity (Wildman–Crippen MR) is 123 cm³/mol. The minimum atomic E-state index is -0.687. The molecule has 6 nitrogen and oxygen atoms in total. The lowest BCUT2D eigenvalue weighted by Crippen LogP contribution is -2.31. The van der Waals surface area contributed by atoms with E-state index in [0.29, 0.717) is 37.5 Å². The quantitative estimate of drug-likeness (QED) is 0.196. The fourth-order valence-corrected chi connectivity index (χ4v) is 3.67. The smallest absolute Gasteiger partial charge is 0.295 e. The topological polar surface area (TPSA) is 76.1 Å². The lowest BCUT2D eigenvalue weighted by molar-refractivity contribution is -0.140. The Morgan fingerprint density at radius 3 is 2.44 bits per heavy atom. The number of hydrogen-bond acceptors (Lipinski definition) is 5. The van der Waals surface area contributed by atoms with Crippen LogP contribution in [-0.2, 0) is 14.3 Å². The molecule has 0 spiro atoms. The van der Waals surface area contributed by atoms with Crippen molar-refractivity contribution < 1.29 is 24.2 Å². The summed E-state index contributed by atoms with van der Waals surface area (Å²) in [4.78, 5) is 27.4. The average Bonchev–Trinajstić information content (AvgIpc) is 3.05. The van der Waals surface area contributed by atoms with Crippen molar-refractivity contribution in [2.45, 2.75) is 32.4 Å². The summed E-state index contributed by atoms with van der Waals surface area (Å²) in [6.45, 7) is 8.71. The molecule has 168 valence electrons. The lowest BCUT2D eigenvalue weighted by atomic mass is 9.95. The van der Waals surface area contributed by atoms with Gasteiger partial charge in [0.2, 0.25) is 0 Å². The molecule has 2 aromatic rings. The van der Waals surface area contributed by atoms with Gasteiger partial charge in [-0.1, -0.05) is 43.0 Å². The van der Waals surface area contributed by atoms with Crippen molar-refractivity contribution in [2.75, 3.05) is 19.8 Å². The first-order valence-corrected chi connectivity index (χ1v) is 10.7. The van der Waals surface area contributed by atoms with Crippen LogP contribution in [0.15, 0.2) is 72.8 Å². The summed E-state index contributed by atoms with van der Waals surface area (Å²) in [5.74, 6) is -0.885. The van der Waals surface area contributed by atoms with Gasteiger partial charge in [-0.25, -0.2) is 0 Å². The Balaban J connectivity index is 1.95. The van der Waals surface area contributed by atoms with Crippen LogP contribution in [0.1, 0.15) is 37.4 Å². The van der Waals surface area contributed by atoms with Gasteiger partial charge in [0.05, 0.1) is 17.7 Å². The second-order valence-electron chi connectivity index (χ2n) is 7.80. The van der Waals surface area contributed by atoms with E-state index >= 15 is 0 Å². The molecule has 0 radical (unpaired) electrons. The van der Waals surface area contributed by atoms with Crippen LogP contribution in [-0.4, -0.2) is 47.6 Å². The van der Waals surface area contributed by atoms with Crippen LogP contribution in [0.2, 0.25) is 0 Å². The zero-order valence-corrected chi connectivity index (χ0v) is 18.5. The Labute approximate surface area is 188 Å². The van der Waals surface area contributed by atoms with Crippen LogP contribution in [0.25, 0.3) is 5.76 Å². The van der Waals surface area contributed by atoms with Gasteiger partial charge in [-0.3, -0.25) is 9.59 Å². The van der Waals surface area contributed by atoms with Gasteiger partial charge < -0.3 is 19.5 Å². The molecule has 2 aromatic carbocycles. The number of rotatable bonds is 10. The third-order valence-corrected chi connectivity index (χ3v) is 5.15. The summed E-state index contributed by atoms with van der Waals surface area (Å²) in [5.41, 5.74) is 1.30. The summed E-state index contributed by atoms with van der Waals surface area (Å²) < 4.78 is 11.1. The molecule has 6 heteroatoms. The van der Waals surface area contributed by atoms with Gasteiger partial charge in [-0.05, 0) is 50.1 Å². The molecule has 1 aliphatic rings. The normalized spacial score (nSPS) is 17.7. The first-order valence-electron chi connectivity index (χ1n) is 10.7. The third kappa shape index (κ3) is 5.26. The number of Topliss-reactive ketones (excluding diaryl/α,β-unsaturated/α-hetero) is 1. The Morgan fingerprint density at radius 2 is 1.81 bits per heavy atom. The van der Waals surface area contributed by atoms with E-state index in [9.17, 15) is 14.7 Å². The monoisotopic (exact) mass is 435 g/mol. The van der Waals surface area contributed by atoms with E-state index < -0.39 is 17.7 Å². The minimum Gasteiger partial charge on any atom is -0.507 e. The maximum Gasteiger partial charge on any atom is 0.295 e. The molecule has 1 amide bonds. The summed E-state index contributed by atoms with van der Waals surface area (Å²) in [6, 6.07) is 15.4. The van der Waals surface area contributed by atoms with Crippen LogP contribution in [0.4, 0.5) is 0 Å². The highest BCUT2D eigenvalue weighted by Gasteiger charge is 2.45. The van der Waals surface area contributed by atoms with Gasteiger partial charge in [0.15, 0.2) is 0 Å². The van der Waals surface area contributed by atoms with Crippen molar-refractivity contribution >= 4 is 17.4 Å². The van der Waals surface area contributed by atoms with Gasteiger partial charge in [0.1, 0.15) is 18.1 Å². The van der Waals surface area contributed by atoms with E-state index in [1.807, 2.05) is 44.2 Å². The highest BCUT2D eigenvalue weighted by atomic mass is 16.5. The number of ketones is 1. The number of carbonyl (C=O) groups excluding carboxylic acids is 2. The Morgan fingerprint density at radius 1 is 1.12 bits per heavy atom. The van der Waals surface area contributed by atoms with Gasteiger partial charge in [0, 0.05) is 18.7 Å². The number of ether oxygens (including phenoxy) is 2. The molecular weight excluding hydrogens is 406 g/mol. The number of likely N-dealkylation sites (tertiary alicyclic amines) is 1. The predicted octanol–water partition coefficient (Wildman–Crippen LogP) is 4.49. The standard InChI is InChI=1S/C26H29NO5/c1-4-16-32-21-13-11-20(12-14-21)24(28)22-23(19-9-6-5-7-10-19)27(26(30)25(22)29)15-8-17-31-18(2)3/h4-7,9-14,18,23,28H,1,8,15-17H2,2-3H3/t23-/m0/s1. The number of amides is 1. The second kappa shape index (κ2) is 10.8. The van der Waals surface area contributed by atoms with Crippen molar-refractivity contribution in [3.05, 3.63) is 84.0 Å². The molecule has 1 fully saturated rings. The SMILES string of the molecule is C=CCOc1ccc(C(O)=C2C(=O)C(=O)N(CCCOC(C)C)[C@H]2c2ccccc2)cc1. The van der Waals surface area contributed by atoms with Gasteiger partial charge >= 0.3 is 0 Å². The van der Waals surface area contributed by atoms with Crippen LogP contribution in [0, 0.1) is 0 Å². The Kier molecular flexibility index (Phi) is 7.84. The van der Waals surface area contributed by atoms with Crippen molar-refractivity contribution in [2.24, 2.45) is 0 Å². The van der Waals surface area contributed by atoms with Crippen LogP contribution in [0.3, 0.4) is 0 Å². The molecule has 3 rings (SSSR count). The number of carbonyl (C=O) groups is 2. The highest BCUT2D eigenvalue weighted by Crippen LogP contribution is 2.39. The molecule has 1 atom stereocenters. The molecule has 1 heterocycles. The van der Waals surface area contributed by atoms with Gasteiger partial charge in [0.25, 0.3) is 11.7 Å². The fraction of sp³-hybridized carbons (Fsp3) is 0.308. The zero-order valence-electron chi connectivity index (χ0n) is 18.5. The van der Waals surface area contributed by atoms with E-state index in [4.69, 9.17) is 9.47 Å². The highest BCUT2D eigenvalue weighted by molar-refractivity contribution is 6.46. The average molecular weight is 436 g/mol. The molecule has 32 heavy (non-hydrogen) atoms. The van der Waals surface area contributed by atoms with E-state index in [2.05, 4.69) is 6.58 Å². The van der Waals surface area contributed by atoms with Crippen LogP contribution in [0.5, 0.6) is 5.75 Å². The summed E-state index contributed by atoms with van der Waals surface area (Å²) in [6.07, 6.45) is 2.32. The van der Waals surface area contributed by atoms with Crippen molar-refractivity contribution in [1.29, 1.82) is 0 Å². The molecule has 0 aromatic heterocycles. The molecular formula is C26H29NO5. The molecule has 1 saturated heterocycles. The molecule has 1 N–H and O–H groups in total. The Bertz CT molecular complexity index is 979. The number of aliphatic hydroxyl groups is 1. The summed E-state index contributed by atoms with van der Waals surface area (Å²) in [7, 11) is 0. The van der Waals surface area contributed by atoms with Gasteiger partial charge in [-0.2, -0.15) is 0 Å². The number of aliphatic hydroxyl groups excluding tert-OH is 1. The summed E-state index contributed by atoms with van der Waals surface area (Å²) >= 11 is 0. The first-order chi connectivity index (χ1) is 15.4. The second-order valence-corrected chi connectivity index (χ2v) is 7.80. The van der Waals surface area contributed by atoms with Crippen LogP contribution < -0.4 is 4.74 Å². The first kappa shape index (κ1) is 23.3. The maximum absolute atomic E-state index is 13.0. The number of nitrogens with zero attached hydrogens (tertiary/aromatic N) is 1. The molecule has 0 aliphatic carbocycles. The maximum atomic E-state index is 13.0. The van der Waals surface area contributed by atoms with Crippen molar-refractivity contribution in [3.63, 3.8) is 0 Å². The molecule has 0 saturated carbocycles. The number of benzene rings is 2. The van der Waals surface area contributed by atoms with Gasteiger partial charge in [-0.15, -0.1) is 0 Å². The minimum absolute atomic E-state index is 0.0886. The lowest BCUT2D eigenvalue weighted by Gasteiger charge is -2.25. The van der Waals surface area contributed by atoms with E-state index in [0.717, 1.165) is 5.56 Å². The van der Waals surface area contributed by atoms with Crippen molar-refractivity contribution in [1.82, 2.24) is 4.90 Å². The number of hydrogen-bond donors (Lipinski definition) is 1. The summed E-state index contributed by atoms with van der Waals surface area (Å²) in [5, 5.41) is 11.1. The zero-order chi connectivity index (χ0) is 23.1. The fourth-order valence-electron chi connectivity index (χ4n) is 3.67. The Hall–Kier alpha value is -3.38.